The Labute approximate surface area is 89.9 Å². The fourth-order valence-electron chi connectivity index (χ4n) is 2.50. The van der Waals surface area contributed by atoms with E-state index in [2.05, 4.69) is 0 Å². The van der Waals surface area contributed by atoms with Crippen LogP contribution in [0.1, 0.15) is 43.2 Å². The molecule has 0 radical (unpaired) electrons. The lowest BCUT2D eigenvalue weighted by Crippen LogP contribution is -2.29. The van der Waals surface area contributed by atoms with Gasteiger partial charge in [-0.25, -0.2) is 4.39 Å². The quantitative estimate of drug-likeness (QED) is 0.750. The van der Waals surface area contributed by atoms with Crippen LogP contribution in [-0.4, -0.2) is 5.11 Å². The van der Waals surface area contributed by atoms with Gasteiger partial charge in [-0.3, -0.25) is 0 Å². The average molecular weight is 208 g/mol. The second kappa shape index (κ2) is 3.93. The van der Waals surface area contributed by atoms with Crippen LogP contribution in [0.4, 0.5) is 4.39 Å². The molecule has 15 heavy (non-hydrogen) atoms. The van der Waals surface area contributed by atoms with Crippen LogP contribution >= 0.6 is 0 Å². The minimum absolute atomic E-state index is 0.255. The van der Waals surface area contributed by atoms with Crippen molar-refractivity contribution in [1.29, 1.82) is 0 Å². The smallest absolute Gasteiger partial charge is 0.123 e. The van der Waals surface area contributed by atoms with E-state index >= 15 is 0 Å². The summed E-state index contributed by atoms with van der Waals surface area (Å²) in [4.78, 5) is 0. The summed E-state index contributed by atoms with van der Waals surface area (Å²) in [5.74, 6) is -0.255. The van der Waals surface area contributed by atoms with Crippen LogP contribution in [0, 0.1) is 12.7 Å². The molecule has 0 unspecified atom stereocenters. The van der Waals surface area contributed by atoms with Crippen LogP contribution in [0.15, 0.2) is 18.2 Å². The number of aliphatic hydroxyl groups is 1. The molecule has 82 valence electrons. The van der Waals surface area contributed by atoms with Crippen LogP contribution in [0.25, 0.3) is 0 Å². The Morgan fingerprint density at radius 3 is 2.53 bits per heavy atom. The number of rotatable bonds is 1. The van der Waals surface area contributed by atoms with E-state index in [0.717, 1.165) is 36.8 Å². The lowest BCUT2D eigenvalue weighted by molar-refractivity contribution is -0.00143. The first-order valence-electron chi connectivity index (χ1n) is 5.61. The van der Waals surface area contributed by atoms with E-state index in [1.54, 1.807) is 6.07 Å². The maximum absolute atomic E-state index is 13.2. The van der Waals surface area contributed by atoms with Gasteiger partial charge in [-0.2, -0.15) is 0 Å². The maximum atomic E-state index is 13.2. The van der Waals surface area contributed by atoms with Gasteiger partial charge in [0, 0.05) is 0 Å². The van der Waals surface area contributed by atoms with Gasteiger partial charge in [0.1, 0.15) is 5.82 Å². The van der Waals surface area contributed by atoms with Gasteiger partial charge in [-0.15, -0.1) is 0 Å². The Hall–Kier alpha value is -0.890. The summed E-state index contributed by atoms with van der Waals surface area (Å²) in [6.07, 6.45) is 4.77. The molecule has 0 amide bonds. The number of halogens is 1. The number of hydrogen-bond acceptors (Lipinski definition) is 1. The van der Waals surface area contributed by atoms with Crippen molar-refractivity contribution in [3.63, 3.8) is 0 Å². The van der Waals surface area contributed by atoms with Crippen molar-refractivity contribution < 1.29 is 9.50 Å². The van der Waals surface area contributed by atoms with Crippen molar-refractivity contribution in [2.75, 3.05) is 0 Å². The van der Waals surface area contributed by atoms with Crippen molar-refractivity contribution >= 4 is 0 Å². The van der Waals surface area contributed by atoms with Crippen molar-refractivity contribution in [3.8, 4) is 0 Å². The zero-order valence-corrected chi connectivity index (χ0v) is 9.09. The third kappa shape index (κ3) is 2.05. The van der Waals surface area contributed by atoms with E-state index < -0.39 is 5.60 Å². The second-order valence-corrected chi connectivity index (χ2v) is 4.55. The summed E-state index contributed by atoms with van der Waals surface area (Å²) in [5, 5.41) is 10.5. The molecule has 0 saturated heterocycles. The third-order valence-electron chi connectivity index (χ3n) is 3.38. The van der Waals surface area contributed by atoms with E-state index in [9.17, 15) is 9.50 Å². The standard InChI is InChI=1S/C13H17FO/c1-10-5-6-11(14)9-12(10)13(15)7-3-2-4-8-13/h5-6,9,15H,2-4,7-8H2,1H3. The topological polar surface area (TPSA) is 20.2 Å². The van der Waals surface area contributed by atoms with Gasteiger partial charge >= 0.3 is 0 Å². The van der Waals surface area contributed by atoms with Gasteiger partial charge in [0.05, 0.1) is 5.60 Å². The van der Waals surface area contributed by atoms with Gasteiger partial charge in [0.25, 0.3) is 0 Å². The Morgan fingerprint density at radius 1 is 1.20 bits per heavy atom. The molecule has 1 fully saturated rings. The highest BCUT2D eigenvalue weighted by Crippen LogP contribution is 2.38. The van der Waals surface area contributed by atoms with Crippen molar-refractivity contribution in [2.45, 2.75) is 44.6 Å². The summed E-state index contributed by atoms with van der Waals surface area (Å²) >= 11 is 0. The van der Waals surface area contributed by atoms with E-state index in [4.69, 9.17) is 0 Å². The average Bonchev–Trinajstić information content (AvgIpc) is 2.23. The summed E-state index contributed by atoms with van der Waals surface area (Å²) < 4.78 is 13.2. The minimum Gasteiger partial charge on any atom is -0.385 e. The molecule has 0 heterocycles. The first-order chi connectivity index (χ1) is 7.12. The molecule has 1 aromatic carbocycles. The Kier molecular flexibility index (Phi) is 2.79. The summed E-state index contributed by atoms with van der Waals surface area (Å²) in [6.45, 7) is 1.93. The van der Waals surface area contributed by atoms with Gasteiger partial charge in [0.15, 0.2) is 0 Å². The molecule has 0 aliphatic heterocycles. The third-order valence-corrected chi connectivity index (χ3v) is 3.38. The number of hydrogen-bond donors (Lipinski definition) is 1. The Morgan fingerprint density at radius 2 is 1.87 bits per heavy atom. The molecule has 0 bridgehead atoms. The number of benzene rings is 1. The van der Waals surface area contributed by atoms with Crippen LogP contribution in [0.2, 0.25) is 0 Å². The zero-order chi connectivity index (χ0) is 10.9. The van der Waals surface area contributed by atoms with Gasteiger partial charge in [0.2, 0.25) is 0 Å². The predicted octanol–water partition coefficient (Wildman–Crippen LogP) is 3.29. The second-order valence-electron chi connectivity index (χ2n) is 4.55. The van der Waals surface area contributed by atoms with Crippen LogP contribution in [0.3, 0.4) is 0 Å². The fraction of sp³-hybridized carbons (Fsp3) is 0.538. The first kappa shape index (κ1) is 10.6. The maximum Gasteiger partial charge on any atom is 0.123 e. The highest BCUT2D eigenvalue weighted by molar-refractivity contribution is 5.32. The van der Waals surface area contributed by atoms with Crippen molar-refractivity contribution in [2.24, 2.45) is 0 Å². The van der Waals surface area contributed by atoms with E-state index in [0.29, 0.717) is 0 Å². The molecule has 1 nitrogen and oxygen atoms in total. The van der Waals surface area contributed by atoms with Crippen molar-refractivity contribution in [3.05, 3.63) is 35.1 Å². The fourth-order valence-corrected chi connectivity index (χ4v) is 2.50. The monoisotopic (exact) mass is 208 g/mol. The molecule has 0 aromatic heterocycles. The number of aryl methyl sites for hydroxylation is 1. The Balaban J connectivity index is 2.38. The normalized spacial score (nSPS) is 20.2. The summed E-state index contributed by atoms with van der Waals surface area (Å²) in [5.41, 5.74) is 0.979. The predicted molar refractivity (Wildman–Crippen MR) is 58.1 cm³/mol. The summed E-state index contributed by atoms with van der Waals surface area (Å²) in [7, 11) is 0. The zero-order valence-electron chi connectivity index (χ0n) is 9.09. The first-order valence-corrected chi connectivity index (χ1v) is 5.61. The molecular weight excluding hydrogens is 191 g/mol. The molecule has 0 spiro atoms. The van der Waals surface area contributed by atoms with Crippen LogP contribution in [0.5, 0.6) is 0 Å². The molecule has 1 aliphatic carbocycles. The van der Waals surface area contributed by atoms with E-state index in [-0.39, 0.29) is 5.82 Å². The molecule has 0 atom stereocenters. The van der Waals surface area contributed by atoms with Gasteiger partial charge in [-0.05, 0) is 43.0 Å². The minimum atomic E-state index is -0.787. The molecule has 1 saturated carbocycles. The van der Waals surface area contributed by atoms with E-state index in [1.165, 1.54) is 18.6 Å². The highest BCUT2D eigenvalue weighted by atomic mass is 19.1. The molecule has 1 aromatic rings. The van der Waals surface area contributed by atoms with Gasteiger partial charge in [-0.1, -0.05) is 25.3 Å². The van der Waals surface area contributed by atoms with Crippen LogP contribution < -0.4 is 0 Å². The Bertz CT molecular complexity index is 354. The lowest BCUT2D eigenvalue weighted by atomic mass is 9.78. The molecule has 2 heteroatoms. The van der Waals surface area contributed by atoms with E-state index in [1.807, 2.05) is 6.92 Å². The van der Waals surface area contributed by atoms with Crippen molar-refractivity contribution in [1.82, 2.24) is 0 Å². The molecule has 1 N–H and O–H groups in total. The SMILES string of the molecule is Cc1ccc(F)cc1C1(O)CCCCC1. The van der Waals surface area contributed by atoms with Crippen LogP contribution in [-0.2, 0) is 5.60 Å². The van der Waals surface area contributed by atoms with Gasteiger partial charge < -0.3 is 5.11 Å². The summed E-state index contributed by atoms with van der Waals surface area (Å²) in [6, 6.07) is 4.68. The highest BCUT2D eigenvalue weighted by Gasteiger charge is 2.32. The largest absolute Gasteiger partial charge is 0.385 e. The lowest BCUT2D eigenvalue weighted by Gasteiger charge is -2.33. The molecule has 2 rings (SSSR count). The molecular formula is C13H17FO. The molecule has 1 aliphatic rings.